The van der Waals surface area contributed by atoms with Crippen LogP contribution >= 0.6 is 11.6 Å². The van der Waals surface area contributed by atoms with Crippen LogP contribution in [0.2, 0.25) is 5.02 Å². The number of aryl methyl sites for hydroxylation is 1. The van der Waals surface area contributed by atoms with E-state index in [2.05, 4.69) is 5.10 Å². The predicted octanol–water partition coefficient (Wildman–Crippen LogP) is 2.22. The Balaban J connectivity index is 2.25. The average molecular weight is 314 g/mol. The third-order valence-electron chi connectivity index (χ3n) is 3.01. The molecule has 0 bridgehead atoms. The summed E-state index contributed by atoms with van der Waals surface area (Å²) in [6.07, 6.45) is 0. The van der Waals surface area contributed by atoms with Crippen LogP contribution < -0.4 is 5.73 Å². The van der Waals surface area contributed by atoms with E-state index in [0.29, 0.717) is 16.5 Å². The molecule has 108 valence electrons. The molecule has 2 N–H and O–H groups in total. The number of nitrogens with two attached hydrogens (primary N) is 1. The molecule has 0 saturated heterocycles. The van der Waals surface area contributed by atoms with Gasteiger partial charge in [0.25, 0.3) is 0 Å². The lowest BCUT2D eigenvalue weighted by atomic mass is 10.1. The van der Waals surface area contributed by atoms with E-state index in [-0.39, 0.29) is 18.1 Å². The number of halogens is 1. The number of anilines is 1. The molecule has 2 aromatic rings. The van der Waals surface area contributed by atoms with Gasteiger partial charge in [-0.3, -0.25) is 0 Å². The smallest absolute Gasteiger partial charge is 0.151 e. The molecule has 0 aliphatic carbocycles. The van der Waals surface area contributed by atoms with Crippen LogP contribution in [0.15, 0.2) is 30.3 Å². The number of hydrogen-bond donors (Lipinski definition) is 1. The maximum atomic E-state index is 11.5. The first kappa shape index (κ1) is 14.9. The third-order valence-corrected chi connectivity index (χ3v) is 5.03. The Morgan fingerprint density at radius 2 is 2.05 bits per heavy atom. The highest BCUT2D eigenvalue weighted by atomic mass is 35.5. The molecule has 0 atom stereocenters. The van der Waals surface area contributed by atoms with E-state index in [0.717, 1.165) is 5.56 Å². The van der Waals surface area contributed by atoms with Crippen molar-refractivity contribution in [2.75, 3.05) is 17.2 Å². The second kappa shape index (κ2) is 5.85. The molecule has 0 fully saturated rings. The van der Waals surface area contributed by atoms with E-state index < -0.39 is 9.84 Å². The lowest BCUT2D eigenvalue weighted by molar-refractivity contribution is 0.583. The molecule has 1 aromatic heterocycles. The summed E-state index contributed by atoms with van der Waals surface area (Å²) in [5, 5.41) is 4.90. The second-order valence-electron chi connectivity index (χ2n) is 4.39. The molecular weight excluding hydrogens is 298 g/mol. The van der Waals surface area contributed by atoms with Crippen molar-refractivity contribution in [1.29, 1.82) is 0 Å². The van der Waals surface area contributed by atoms with Crippen molar-refractivity contribution in [1.82, 2.24) is 9.78 Å². The molecule has 0 spiro atoms. The van der Waals surface area contributed by atoms with E-state index in [9.17, 15) is 8.42 Å². The number of sulfone groups is 1. The van der Waals surface area contributed by atoms with Crippen molar-refractivity contribution in [3.63, 3.8) is 0 Å². The van der Waals surface area contributed by atoms with Crippen LogP contribution in [0, 0.1) is 0 Å². The molecule has 0 aliphatic heterocycles. The molecule has 5 nitrogen and oxygen atoms in total. The van der Waals surface area contributed by atoms with E-state index in [1.165, 1.54) is 4.68 Å². The van der Waals surface area contributed by atoms with Crippen molar-refractivity contribution in [2.45, 2.75) is 13.5 Å². The summed E-state index contributed by atoms with van der Waals surface area (Å²) in [4.78, 5) is 0. The van der Waals surface area contributed by atoms with Crippen LogP contribution in [0.25, 0.3) is 11.3 Å². The van der Waals surface area contributed by atoms with E-state index in [1.807, 2.05) is 18.2 Å². The van der Waals surface area contributed by atoms with Crippen molar-refractivity contribution >= 4 is 27.3 Å². The summed E-state index contributed by atoms with van der Waals surface area (Å²) in [5.41, 5.74) is 7.28. The van der Waals surface area contributed by atoms with Gasteiger partial charge in [0.05, 0.1) is 23.0 Å². The zero-order valence-electron chi connectivity index (χ0n) is 11.1. The van der Waals surface area contributed by atoms with Crippen molar-refractivity contribution in [2.24, 2.45) is 0 Å². The quantitative estimate of drug-likeness (QED) is 0.918. The lowest BCUT2D eigenvalue weighted by Crippen LogP contribution is -2.16. The minimum absolute atomic E-state index is 0.0251. The van der Waals surface area contributed by atoms with Crippen LogP contribution in [0.3, 0.4) is 0 Å². The SMILES string of the molecule is CCS(=O)(=O)CCn1nc(-c2ccccc2Cl)cc1N. The summed E-state index contributed by atoms with van der Waals surface area (Å²) in [7, 11) is -3.04. The largest absolute Gasteiger partial charge is 0.384 e. The van der Waals surface area contributed by atoms with Crippen LogP contribution in [0.5, 0.6) is 0 Å². The van der Waals surface area contributed by atoms with Crippen LogP contribution in [-0.2, 0) is 16.4 Å². The Hall–Kier alpha value is -1.53. The molecule has 20 heavy (non-hydrogen) atoms. The van der Waals surface area contributed by atoms with Gasteiger partial charge in [-0.1, -0.05) is 36.7 Å². The molecule has 1 aromatic carbocycles. The van der Waals surface area contributed by atoms with Crippen LogP contribution in [0.1, 0.15) is 6.92 Å². The summed E-state index contributed by atoms with van der Waals surface area (Å²) in [5.74, 6) is 0.564. The maximum absolute atomic E-state index is 11.5. The molecule has 0 unspecified atom stereocenters. The van der Waals surface area contributed by atoms with Gasteiger partial charge in [-0.2, -0.15) is 5.10 Å². The van der Waals surface area contributed by atoms with Gasteiger partial charge in [-0.25, -0.2) is 13.1 Å². The fourth-order valence-electron chi connectivity index (χ4n) is 1.78. The summed E-state index contributed by atoms with van der Waals surface area (Å²) in [6, 6.07) is 9.00. The van der Waals surface area contributed by atoms with Gasteiger partial charge < -0.3 is 5.73 Å². The maximum Gasteiger partial charge on any atom is 0.151 e. The first-order valence-corrected chi connectivity index (χ1v) is 8.41. The zero-order valence-corrected chi connectivity index (χ0v) is 12.7. The van der Waals surface area contributed by atoms with Gasteiger partial charge in [-0.05, 0) is 6.07 Å². The van der Waals surface area contributed by atoms with Gasteiger partial charge >= 0.3 is 0 Å². The lowest BCUT2D eigenvalue weighted by Gasteiger charge is -2.04. The Morgan fingerprint density at radius 3 is 2.70 bits per heavy atom. The molecule has 0 aliphatic rings. The summed E-state index contributed by atoms with van der Waals surface area (Å²) in [6.45, 7) is 1.86. The average Bonchev–Trinajstić information content (AvgIpc) is 2.78. The highest BCUT2D eigenvalue weighted by Crippen LogP contribution is 2.27. The summed E-state index contributed by atoms with van der Waals surface area (Å²) < 4.78 is 24.5. The number of rotatable bonds is 5. The number of benzene rings is 1. The van der Waals surface area contributed by atoms with Crippen molar-refractivity contribution < 1.29 is 8.42 Å². The van der Waals surface area contributed by atoms with E-state index in [4.69, 9.17) is 17.3 Å². The van der Waals surface area contributed by atoms with Gasteiger partial charge in [0, 0.05) is 17.4 Å². The molecule has 2 rings (SSSR count). The Kier molecular flexibility index (Phi) is 4.35. The zero-order chi connectivity index (χ0) is 14.8. The van der Waals surface area contributed by atoms with Crippen LogP contribution in [-0.4, -0.2) is 29.7 Å². The molecule has 0 radical (unpaired) electrons. The van der Waals surface area contributed by atoms with Gasteiger partial charge in [0.2, 0.25) is 0 Å². The predicted molar refractivity (Wildman–Crippen MR) is 81.4 cm³/mol. The second-order valence-corrected chi connectivity index (χ2v) is 7.27. The monoisotopic (exact) mass is 313 g/mol. The number of hydrogen-bond acceptors (Lipinski definition) is 4. The van der Waals surface area contributed by atoms with Crippen molar-refractivity contribution in [3.05, 3.63) is 35.4 Å². The summed E-state index contributed by atoms with van der Waals surface area (Å²) >= 11 is 6.11. The number of nitrogen functional groups attached to an aromatic ring is 1. The Labute approximate surface area is 123 Å². The standard InChI is InChI=1S/C13H16ClN3O2S/c1-2-20(18,19)8-7-17-13(15)9-12(16-17)10-5-3-4-6-11(10)14/h3-6,9H,2,7-8,15H2,1H3. The highest BCUT2D eigenvalue weighted by molar-refractivity contribution is 7.91. The Bertz CT molecular complexity index is 710. The minimum atomic E-state index is -3.04. The number of aromatic nitrogens is 2. The third kappa shape index (κ3) is 3.32. The molecule has 7 heteroatoms. The first-order chi connectivity index (χ1) is 9.43. The molecule has 1 heterocycles. The Morgan fingerprint density at radius 1 is 1.35 bits per heavy atom. The molecule has 0 amide bonds. The first-order valence-electron chi connectivity index (χ1n) is 6.21. The minimum Gasteiger partial charge on any atom is -0.384 e. The number of nitrogens with zero attached hydrogens (tertiary/aromatic N) is 2. The fraction of sp³-hybridized carbons (Fsp3) is 0.308. The highest BCUT2D eigenvalue weighted by Gasteiger charge is 2.13. The van der Waals surface area contributed by atoms with E-state index in [1.54, 1.807) is 19.1 Å². The molecular formula is C13H16ClN3O2S. The normalized spacial score (nSPS) is 11.7. The van der Waals surface area contributed by atoms with Gasteiger partial charge in [0.15, 0.2) is 9.84 Å². The molecule has 0 saturated carbocycles. The topological polar surface area (TPSA) is 78.0 Å². The van der Waals surface area contributed by atoms with Gasteiger partial charge in [-0.15, -0.1) is 0 Å². The fourth-order valence-corrected chi connectivity index (χ4v) is 2.75. The van der Waals surface area contributed by atoms with Gasteiger partial charge in [0.1, 0.15) is 5.82 Å². The van der Waals surface area contributed by atoms with Crippen molar-refractivity contribution in [3.8, 4) is 11.3 Å². The van der Waals surface area contributed by atoms with E-state index >= 15 is 0 Å². The van der Waals surface area contributed by atoms with Crippen LogP contribution in [0.4, 0.5) is 5.82 Å².